The molecule has 0 saturated carbocycles. The van der Waals surface area contributed by atoms with Crippen LogP contribution in [0.2, 0.25) is 0 Å². The third-order valence-electron chi connectivity index (χ3n) is 5.30. The number of carbonyl (C=O) groups is 4. The van der Waals surface area contributed by atoms with E-state index in [2.05, 4.69) is 45.7 Å². The van der Waals surface area contributed by atoms with E-state index in [1.165, 1.54) is 22.3 Å². The van der Waals surface area contributed by atoms with Crippen LogP contribution >= 0.6 is 0 Å². The average Bonchev–Trinajstić information content (AvgIpc) is 3.15. The van der Waals surface area contributed by atoms with Gasteiger partial charge in [-0.2, -0.15) is 0 Å². The molecule has 1 aliphatic rings. The van der Waals surface area contributed by atoms with Gasteiger partial charge >= 0.3 is 5.97 Å². The molecule has 3 rings (SSSR count). The topological polar surface area (TPSA) is 135 Å². The highest BCUT2D eigenvalue weighted by molar-refractivity contribution is 5.89. The third-order valence-corrected chi connectivity index (χ3v) is 5.30. The minimum atomic E-state index is -0.652. The number of hydroxylamine groups is 1. The summed E-state index contributed by atoms with van der Waals surface area (Å²) in [5.41, 5.74) is 6.99. The van der Waals surface area contributed by atoms with E-state index < -0.39 is 29.3 Å². The van der Waals surface area contributed by atoms with Gasteiger partial charge in [0, 0.05) is 12.5 Å². The predicted octanol–water partition coefficient (Wildman–Crippen LogP) is 1.01. The first-order valence-electron chi connectivity index (χ1n) is 11.7. The average molecular weight is 497 g/mol. The van der Waals surface area contributed by atoms with Crippen molar-refractivity contribution in [2.24, 2.45) is 0 Å². The van der Waals surface area contributed by atoms with E-state index >= 15 is 0 Å². The van der Waals surface area contributed by atoms with E-state index in [0.717, 1.165) is 0 Å². The smallest absolute Gasteiger partial charge is 0.325 e. The summed E-state index contributed by atoms with van der Waals surface area (Å²) in [6.45, 7) is 4.42. The molecule has 0 fully saturated rings. The number of esters is 1. The minimum Gasteiger partial charge on any atom is -0.459 e. The van der Waals surface area contributed by atoms with Gasteiger partial charge in [0.1, 0.15) is 18.8 Å². The van der Waals surface area contributed by atoms with Gasteiger partial charge in [0.2, 0.25) is 17.7 Å². The molecule has 3 amide bonds. The highest BCUT2D eigenvalue weighted by atomic mass is 16.6. The molecule has 0 atom stereocenters. The van der Waals surface area contributed by atoms with Crippen molar-refractivity contribution in [1.29, 1.82) is 0 Å². The summed E-state index contributed by atoms with van der Waals surface area (Å²) in [5, 5.41) is 7.13. The van der Waals surface area contributed by atoms with Gasteiger partial charge in [-0.1, -0.05) is 48.5 Å². The Labute approximate surface area is 210 Å². The molecule has 10 nitrogen and oxygen atoms in total. The molecule has 10 heteroatoms. The zero-order chi connectivity index (χ0) is 26.1. The lowest BCUT2D eigenvalue weighted by atomic mass is 9.97. The molecule has 1 aliphatic carbocycles. The molecule has 192 valence electrons. The lowest BCUT2D eigenvalue weighted by Crippen LogP contribution is -2.44. The molecule has 36 heavy (non-hydrogen) atoms. The van der Waals surface area contributed by atoms with Crippen LogP contribution in [0.5, 0.6) is 0 Å². The van der Waals surface area contributed by atoms with Gasteiger partial charge in [-0.15, -0.1) is 0 Å². The van der Waals surface area contributed by atoms with Crippen molar-refractivity contribution in [1.82, 2.24) is 21.4 Å². The maximum atomic E-state index is 12.0. The van der Waals surface area contributed by atoms with E-state index in [-0.39, 0.29) is 32.2 Å². The SMILES string of the molecule is CC(C)(C)OC(=O)CNC(=O)CNC(=O)CNC(=O)CONCC1c2ccccc2-c2ccccc21. The fourth-order valence-corrected chi connectivity index (χ4v) is 3.82. The van der Waals surface area contributed by atoms with Crippen molar-refractivity contribution in [3.05, 3.63) is 59.7 Å². The van der Waals surface area contributed by atoms with E-state index in [0.29, 0.717) is 6.54 Å². The van der Waals surface area contributed by atoms with Crippen LogP contribution in [0.1, 0.15) is 37.8 Å². The Morgan fingerprint density at radius 2 is 1.25 bits per heavy atom. The standard InChI is InChI=1S/C26H32N4O6/c1-26(2,3)36-25(34)15-29-23(32)13-27-22(31)14-28-24(33)16-35-30-12-21-19-10-6-4-8-17(19)18-9-5-7-11-20(18)21/h4-11,21,30H,12-16H2,1-3H3,(H,27,31)(H,28,33)(H,29,32). The van der Waals surface area contributed by atoms with Gasteiger partial charge in [-0.05, 0) is 43.0 Å². The quantitative estimate of drug-likeness (QED) is 0.207. The van der Waals surface area contributed by atoms with E-state index in [9.17, 15) is 19.2 Å². The molecule has 0 heterocycles. The van der Waals surface area contributed by atoms with Crippen molar-refractivity contribution in [2.45, 2.75) is 32.3 Å². The molecular weight excluding hydrogens is 464 g/mol. The van der Waals surface area contributed by atoms with Crippen LogP contribution < -0.4 is 21.4 Å². The molecule has 0 saturated heterocycles. The van der Waals surface area contributed by atoms with Gasteiger partial charge in [0.05, 0.1) is 13.1 Å². The Morgan fingerprint density at radius 3 is 1.81 bits per heavy atom. The number of hydrogen-bond acceptors (Lipinski definition) is 7. The van der Waals surface area contributed by atoms with Crippen molar-refractivity contribution in [3.63, 3.8) is 0 Å². The van der Waals surface area contributed by atoms with Crippen LogP contribution in [0.4, 0.5) is 0 Å². The summed E-state index contributed by atoms with van der Waals surface area (Å²) >= 11 is 0. The van der Waals surface area contributed by atoms with Crippen molar-refractivity contribution < 1.29 is 28.8 Å². The summed E-state index contributed by atoms with van der Waals surface area (Å²) < 4.78 is 5.07. The molecule has 0 bridgehead atoms. The summed E-state index contributed by atoms with van der Waals surface area (Å²) in [4.78, 5) is 52.5. The number of rotatable bonds is 11. The summed E-state index contributed by atoms with van der Waals surface area (Å²) in [7, 11) is 0. The van der Waals surface area contributed by atoms with E-state index in [1.54, 1.807) is 20.8 Å². The summed E-state index contributed by atoms with van der Waals surface area (Å²) in [5.74, 6) is -2.07. The predicted molar refractivity (Wildman–Crippen MR) is 133 cm³/mol. The van der Waals surface area contributed by atoms with Crippen LogP contribution in [-0.2, 0) is 28.8 Å². The second-order valence-electron chi connectivity index (χ2n) is 9.28. The Morgan fingerprint density at radius 1 is 0.750 bits per heavy atom. The largest absolute Gasteiger partial charge is 0.459 e. The minimum absolute atomic E-state index is 0.104. The summed E-state index contributed by atoms with van der Waals surface area (Å²) in [6, 6.07) is 16.4. The number of amides is 3. The molecule has 2 aromatic carbocycles. The molecule has 0 radical (unpaired) electrons. The van der Waals surface area contributed by atoms with Gasteiger partial charge in [0.15, 0.2) is 0 Å². The number of ether oxygens (including phenoxy) is 1. The zero-order valence-corrected chi connectivity index (χ0v) is 20.7. The molecule has 0 aromatic heterocycles. The number of nitrogens with one attached hydrogen (secondary N) is 4. The number of fused-ring (bicyclic) bond motifs is 3. The molecular formula is C26H32N4O6. The molecule has 0 spiro atoms. The number of carbonyl (C=O) groups excluding carboxylic acids is 4. The Bertz CT molecular complexity index is 1070. The van der Waals surface area contributed by atoms with Crippen LogP contribution in [0.25, 0.3) is 11.1 Å². The maximum Gasteiger partial charge on any atom is 0.325 e. The van der Waals surface area contributed by atoms with E-state index in [1.807, 2.05) is 24.3 Å². The van der Waals surface area contributed by atoms with E-state index in [4.69, 9.17) is 9.57 Å². The third kappa shape index (κ3) is 7.89. The molecule has 0 aliphatic heterocycles. The van der Waals surface area contributed by atoms with Crippen LogP contribution in [0.3, 0.4) is 0 Å². The fourth-order valence-electron chi connectivity index (χ4n) is 3.82. The van der Waals surface area contributed by atoms with Crippen molar-refractivity contribution >= 4 is 23.7 Å². The first-order chi connectivity index (χ1) is 17.1. The van der Waals surface area contributed by atoms with Crippen molar-refractivity contribution in [2.75, 3.05) is 32.8 Å². The Balaban J connectivity index is 1.30. The van der Waals surface area contributed by atoms with Crippen molar-refractivity contribution in [3.8, 4) is 11.1 Å². The highest BCUT2D eigenvalue weighted by Gasteiger charge is 2.27. The Hall–Kier alpha value is -3.76. The molecule has 0 unspecified atom stereocenters. The second kappa shape index (κ2) is 12.3. The van der Waals surface area contributed by atoms with Crippen LogP contribution in [-0.4, -0.2) is 62.1 Å². The normalized spacial score (nSPS) is 12.3. The van der Waals surface area contributed by atoms with Crippen LogP contribution in [0.15, 0.2) is 48.5 Å². The first kappa shape index (κ1) is 26.8. The van der Waals surface area contributed by atoms with Gasteiger partial charge in [-0.25, -0.2) is 5.48 Å². The van der Waals surface area contributed by atoms with Crippen LogP contribution in [0, 0.1) is 0 Å². The monoisotopic (exact) mass is 496 g/mol. The Kier molecular flexibility index (Phi) is 9.15. The maximum absolute atomic E-state index is 12.0. The summed E-state index contributed by atoms with van der Waals surface area (Å²) in [6.07, 6.45) is 0. The molecule has 4 N–H and O–H groups in total. The lowest BCUT2D eigenvalue weighted by molar-refractivity contribution is -0.154. The zero-order valence-electron chi connectivity index (χ0n) is 20.7. The number of benzene rings is 2. The highest BCUT2D eigenvalue weighted by Crippen LogP contribution is 2.43. The van der Waals surface area contributed by atoms with Gasteiger partial charge in [-0.3, -0.25) is 24.0 Å². The number of hydrogen-bond donors (Lipinski definition) is 4. The second-order valence-corrected chi connectivity index (χ2v) is 9.28. The van der Waals surface area contributed by atoms with Gasteiger partial charge in [0.25, 0.3) is 0 Å². The fraction of sp³-hybridized carbons (Fsp3) is 0.385. The lowest BCUT2D eigenvalue weighted by Gasteiger charge is -2.19. The first-order valence-corrected chi connectivity index (χ1v) is 11.7. The molecule has 2 aromatic rings. The van der Waals surface area contributed by atoms with Gasteiger partial charge < -0.3 is 20.7 Å².